The molecule has 1 fully saturated rings. The summed E-state index contributed by atoms with van der Waals surface area (Å²) in [6.07, 6.45) is -0.440. The second-order valence-electron chi connectivity index (χ2n) is 5.76. The summed E-state index contributed by atoms with van der Waals surface area (Å²) in [4.78, 5) is 26.8. The minimum absolute atomic E-state index is 0.0566. The molecule has 1 rings (SSSR count). The van der Waals surface area contributed by atoms with Gasteiger partial charge in [0, 0.05) is 26.2 Å². The monoisotopic (exact) mass is 288 g/mol. The molecule has 7 heteroatoms. The molecule has 20 heavy (non-hydrogen) atoms. The molecule has 0 aromatic carbocycles. The van der Waals surface area contributed by atoms with Crippen LogP contribution in [0.4, 0.5) is 9.59 Å². The van der Waals surface area contributed by atoms with Crippen molar-refractivity contribution >= 4 is 12.2 Å². The van der Waals surface area contributed by atoms with E-state index < -0.39 is 17.8 Å². The maximum Gasteiger partial charge on any atom is 0.410 e. The van der Waals surface area contributed by atoms with Crippen molar-refractivity contribution in [3.63, 3.8) is 0 Å². The first-order valence-electron chi connectivity index (χ1n) is 6.72. The van der Waals surface area contributed by atoms with Gasteiger partial charge in [-0.05, 0) is 27.2 Å². The van der Waals surface area contributed by atoms with Crippen LogP contribution in [0.2, 0.25) is 0 Å². The summed E-state index contributed by atoms with van der Waals surface area (Å²) in [6, 6.07) is -0.261. The number of aliphatic hydroxyl groups is 1. The molecular weight excluding hydrogens is 264 g/mol. The second-order valence-corrected chi connectivity index (χ2v) is 5.76. The molecule has 116 valence electrons. The average Bonchev–Trinajstić information content (AvgIpc) is 2.36. The SMILES string of the molecule is COC(=O)N1CCN(C(=O)OC(C)(C)C)[C@@H](CCO)C1. The van der Waals surface area contributed by atoms with E-state index in [1.807, 2.05) is 0 Å². The average molecular weight is 288 g/mol. The Balaban J connectivity index is 2.72. The van der Waals surface area contributed by atoms with E-state index in [0.717, 1.165) is 0 Å². The molecule has 0 saturated carbocycles. The predicted molar refractivity (Wildman–Crippen MR) is 72.4 cm³/mol. The summed E-state index contributed by atoms with van der Waals surface area (Å²) >= 11 is 0. The highest BCUT2D eigenvalue weighted by Gasteiger charge is 2.34. The van der Waals surface area contributed by atoms with Crippen LogP contribution in [-0.4, -0.2) is 72.1 Å². The van der Waals surface area contributed by atoms with Crippen molar-refractivity contribution in [2.45, 2.75) is 38.8 Å². The van der Waals surface area contributed by atoms with Crippen molar-refractivity contribution < 1.29 is 24.2 Å². The fourth-order valence-corrected chi connectivity index (χ4v) is 2.11. The maximum absolute atomic E-state index is 12.1. The molecule has 1 heterocycles. The number of hydrogen-bond acceptors (Lipinski definition) is 5. The van der Waals surface area contributed by atoms with E-state index in [4.69, 9.17) is 9.84 Å². The zero-order valence-corrected chi connectivity index (χ0v) is 12.6. The fourth-order valence-electron chi connectivity index (χ4n) is 2.11. The Morgan fingerprint density at radius 2 is 1.90 bits per heavy atom. The van der Waals surface area contributed by atoms with Crippen LogP contribution in [-0.2, 0) is 9.47 Å². The first-order chi connectivity index (χ1) is 9.28. The first-order valence-corrected chi connectivity index (χ1v) is 6.72. The van der Waals surface area contributed by atoms with Crippen molar-refractivity contribution in [1.29, 1.82) is 0 Å². The first kappa shape index (κ1) is 16.6. The molecule has 1 N–H and O–H groups in total. The summed E-state index contributed by atoms with van der Waals surface area (Å²) in [5.41, 5.74) is -0.569. The van der Waals surface area contributed by atoms with E-state index in [1.165, 1.54) is 12.0 Å². The number of amides is 2. The molecule has 0 aromatic heterocycles. The third kappa shape index (κ3) is 4.56. The van der Waals surface area contributed by atoms with E-state index >= 15 is 0 Å². The standard InChI is InChI=1S/C13H24N2O5/c1-13(2,3)20-12(18)15-7-6-14(11(17)19-4)9-10(15)5-8-16/h10,16H,5-9H2,1-4H3/t10-/m0/s1. The van der Waals surface area contributed by atoms with Gasteiger partial charge in [-0.2, -0.15) is 0 Å². The van der Waals surface area contributed by atoms with E-state index in [2.05, 4.69) is 4.74 Å². The zero-order chi connectivity index (χ0) is 15.3. The highest BCUT2D eigenvalue weighted by molar-refractivity contribution is 5.71. The van der Waals surface area contributed by atoms with Crippen molar-refractivity contribution in [3.05, 3.63) is 0 Å². The Morgan fingerprint density at radius 1 is 1.25 bits per heavy atom. The summed E-state index contributed by atoms with van der Waals surface area (Å²) in [5.74, 6) is 0. The van der Waals surface area contributed by atoms with Crippen LogP contribution in [0.25, 0.3) is 0 Å². The molecule has 0 radical (unpaired) electrons. The van der Waals surface area contributed by atoms with E-state index in [-0.39, 0.29) is 12.6 Å². The minimum Gasteiger partial charge on any atom is -0.453 e. The normalized spacial score (nSPS) is 19.8. The van der Waals surface area contributed by atoms with Crippen LogP contribution in [0.5, 0.6) is 0 Å². The van der Waals surface area contributed by atoms with E-state index in [0.29, 0.717) is 26.1 Å². The Hall–Kier alpha value is -1.50. The van der Waals surface area contributed by atoms with Crippen LogP contribution in [0.15, 0.2) is 0 Å². The Labute approximate surface area is 119 Å². The molecule has 0 aliphatic carbocycles. The number of piperazine rings is 1. The summed E-state index contributed by atoms with van der Waals surface area (Å²) in [7, 11) is 1.32. The molecule has 1 atom stereocenters. The van der Waals surface area contributed by atoms with Gasteiger partial charge in [0.25, 0.3) is 0 Å². The van der Waals surface area contributed by atoms with Gasteiger partial charge in [0.1, 0.15) is 5.60 Å². The highest BCUT2D eigenvalue weighted by Crippen LogP contribution is 2.18. The Kier molecular flexibility index (Phi) is 5.62. The van der Waals surface area contributed by atoms with Gasteiger partial charge in [-0.3, -0.25) is 0 Å². The number of aliphatic hydroxyl groups excluding tert-OH is 1. The van der Waals surface area contributed by atoms with E-state index in [1.54, 1.807) is 25.7 Å². The van der Waals surface area contributed by atoms with Gasteiger partial charge >= 0.3 is 12.2 Å². The fraction of sp³-hybridized carbons (Fsp3) is 0.846. The Morgan fingerprint density at radius 3 is 2.40 bits per heavy atom. The summed E-state index contributed by atoms with van der Waals surface area (Å²) in [6.45, 7) is 6.46. The molecule has 1 aliphatic rings. The van der Waals surface area contributed by atoms with Gasteiger partial charge in [0.05, 0.1) is 13.2 Å². The lowest BCUT2D eigenvalue weighted by Crippen LogP contribution is -2.57. The van der Waals surface area contributed by atoms with Gasteiger partial charge in [-0.1, -0.05) is 0 Å². The van der Waals surface area contributed by atoms with E-state index in [9.17, 15) is 9.59 Å². The van der Waals surface area contributed by atoms with Crippen LogP contribution in [0.3, 0.4) is 0 Å². The zero-order valence-electron chi connectivity index (χ0n) is 12.6. The van der Waals surface area contributed by atoms with Gasteiger partial charge in [0.15, 0.2) is 0 Å². The lowest BCUT2D eigenvalue weighted by molar-refractivity contribution is -0.00467. The highest BCUT2D eigenvalue weighted by atomic mass is 16.6. The van der Waals surface area contributed by atoms with Crippen molar-refractivity contribution in [2.75, 3.05) is 33.4 Å². The topological polar surface area (TPSA) is 79.3 Å². The molecular formula is C13H24N2O5. The largest absolute Gasteiger partial charge is 0.453 e. The number of hydrogen-bond donors (Lipinski definition) is 1. The lowest BCUT2D eigenvalue weighted by atomic mass is 10.1. The van der Waals surface area contributed by atoms with Gasteiger partial charge in [0.2, 0.25) is 0 Å². The molecule has 1 aliphatic heterocycles. The smallest absolute Gasteiger partial charge is 0.410 e. The lowest BCUT2D eigenvalue weighted by Gasteiger charge is -2.40. The molecule has 2 amide bonds. The number of carbonyl (C=O) groups is 2. The van der Waals surface area contributed by atoms with Crippen LogP contribution in [0, 0.1) is 0 Å². The number of rotatable bonds is 2. The molecule has 0 bridgehead atoms. The number of ether oxygens (including phenoxy) is 2. The molecule has 7 nitrogen and oxygen atoms in total. The molecule has 0 unspecified atom stereocenters. The number of carbonyl (C=O) groups excluding carboxylic acids is 2. The van der Waals surface area contributed by atoms with Gasteiger partial charge in [-0.25, -0.2) is 9.59 Å². The molecule has 0 spiro atoms. The predicted octanol–water partition coefficient (Wildman–Crippen LogP) is 1.06. The summed E-state index contributed by atoms with van der Waals surface area (Å²) < 4.78 is 10.0. The number of nitrogens with zero attached hydrogens (tertiary/aromatic N) is 2. The minimum atomic E-state index is -0.569. The third-order valence-electron chi connectivity index (χ3n) is 3.01. The molecule has 0 aromatic rings. The quantitative estimate of drug-likeness (QED) is 0.822. The summed E-state index contributed by atoms with van der Waals surface area (Å²) in [5, 5.41) is 9.12. The van der Waals surface area contributed by atoms with Gasteiger partial charge in [-0.15, -0.1) is 0 Å². The van der Waals surface area contributed by atoms with Crippen molar-refractivity contribution in [3.8, 4) is 0 Å². The third-order valence-corrected chi connectivity index (χ3v) is 3.01. The Bertz CT molecular complexity index is 353. The maximum atomic E-state index is 12.1. The van der Waals surface area contributed by atoms with Crippen molar-refractivity contribution in [1.82, 2.24) is 9.80 Å². The van der Waals surface area contributed by atoms with Crippen LogP contribution < -0.4 is 0 Å². The van der Waals surface area contributed by atoms with Gasteiger partial charge < -0.3 is 24.4 Å². The number of methoxy groups -OCH3 is 1. The second kappa shape index (κ2) is 6.78. The molecule has 1 saturated heterocycles. The van der Waals surface area contributed by atoms with Crippen LogP contribution in [0.1, 0.15) is 27.2 Å². The van der Waals surface area contributed by atoms with Crippen molar-refractivity contribution in [2.24, 2.45) is 0 Å². The van der Waals surface area contributed by atoms with Crippen LogP contribution >= 0.6 is 0 Å².